The second-order valence-corrected chi connectivity index (χ2v) is 7.42. The van der Waals surface area contributed by atoms with Gasteiger partial charge >= 0.3 is 5.97 Å². The molecule has 3 aliphatic rings. The number of nitrogens with zero attached hydrogens (tertiary/aromatic N) is 1. The smallest absolute Gasteiger partial charge is 0.304 e. The van der Waals surface area contributed by atoms with E-state index in [2.05, 4.69) is 4.90 Å². The Bertz CT molecular complexity index is 339. The van der Waals surface area contributed by atoms with Crippen LogP contribution in [0.3, 0.4) is 0 Å². The summed E-state index contributed by atoms with van der Waals surface area (Å²) in [5.41, 5.74) is 0.689. The van der Waals surface area contributed by atoms with Crippen LogP contribution in [-0.2, 0) is 4.79 Å². The SMILES string of the molecule is O=C(O)CC1CCCCN1C1CCC2(CCCC2)CC1. The normalized spacial score (nSPS) is 31.7. The van der Waals surface area contributed by atoms with E-state index in [4.69, 9.17) is 5.11 Å². The van der Waals surface area contributed by atoms with E-state index < -0.39 is 5.97 Å². The number of piperidine rings is 1. The molecule has 3 heteroatoms. The van der Waals surface area contributed by atoms with Crippen LogP contribution in [0.2, 0.25) is 0 Å². The predicted molar refractivity (Wildman–Crippen MR) is 79.8 cm³/mol. The Labute approximate surface area is 122 Å². The lowest BCUT2D eigenvalue weighted by Crippen LogP contribution is -2.49. The highest BCUT2D eigenvalue weighted by atomic mass is 16.4. The van der Waals surface area contributed by atoms with Crippen LogP contribution in [0.1, 0.15) is 77.0 Å². The van der Waals surface area contributed by atoms with Gasteiger partial charge in [0, 0.05) is 12.1 Å². The molecule has 1 saturated heterocycles. The first kappa shape index (κ1) is 14.4. The number of carboxylic acids is 1. The lowest BCUT2D eigenvalue weighted by Gasteiger charge is -2.46. The lowest BCUT2D eigenvalue weighted by molar-refractivity contribution is -0.139. The predicted octanol–water partition coefficient (Wildman–Crippen LogP) is 3.82. The van der Waals surface area contributed by atoms with Crippen molar-refractivity contribution in [2.24, 2.45) is 5.41 Å². The van der Waals surface area contributed by atoms with E-state index in [0.29, 0.717) is 23.9 Å². The van der Waals surface area contributed by atoms with E-state index in [0.717, 1.165) is 13.0 Å². The first-order chi connectivity index (χ1) is 9.69. The Kier molecular flexibility index (Phi) is 4.34. The molecule has 1 N–H and O–H groups in total. The Morgan fingerprint density at radius 2 is 1.70 bits per heavy atom. The second-order valence-electron chi connectivity index (χ2n) is 7.42. The molecule has 0 bridgehead atoms. The van der Waals surface area contributed by atoms with E-state index in [9.17, 15) is 4.79 Å². The van der Waals surface area contributed by atoms with E-state index in [1.165, 1.54) is 64.2 Å². The zero-order valence-electron chi connectivity index (χ0n) is 12.6. The molecule has 1 aliphatic heterocycles. The molecule has 0 aromatic rings. The van der Waals surface area contributed by atoms with Gasteiger partial charge in [0.25, 0.3) is 0 Å². The van der Waals surface area contributed by atoms with Gasteiger partial charge in [-0.1, -0.05) is 19.3 Å². The summed E-state index contributed by atoms with van der Waals surface area (Å²) in [6.07, 6.45) is 15.1. The van der Waals surface area contributed by atoms with Gasteiger partial charge < -0.3 is 5.11 Å². The van der Waals surface area contributed by atoms with Gasteiger partial charge in [-0.15, -0.1) is 0 Å². The molecule has 0 radical (unpaired) electrons. The Morgan fingerprint density at radius 1 is 1.00 bits per heavy atom. The average molecular weight is 279 g/mol. The first-order valence-electron chi connectivity index (χ1n) is 8.66. The minimum absolute atomic E-state index is 0.309. The van der Waals surface area contributed by atoms with Crippen LogP contribution in [-0.4, -0.2) is 34.6 Å². The van der Waals surface area contributed by atoms with Crippen molar-refractivity contribution in [3.63, 3.8) is 0 Å². The summed E-state index contributed by atoms with van der Waals surface area (Å²) in [7, 11) is 0. The molecule has 0 amide bonds. The Hall–Kier alpha value is -0.570. The van der Waals surface area contributed by atoms with Gasteiger partial charge in [0.1, 0.15) is 0 Å². The van der Waals surface area contributed by atoms with E-state index in [1.807, 2.05) is 0 Å². The monoisotopic (exact) mass is 279 g/mol. The molecule has 1 spiro atoms. The summed E-state index contributed by atoms with van der Waals surface area (Å²) in [6.45, 7) is 1.13. The summed E-state index contributed by atoms with van der Waals surface area (Å²) in [4.78, 5) is 13.6. The zero-order chi connectivity index (χ0) is 14.0. The molecule has 2 saturated carbocycles. The summed E-state index contributed by atoms with van der Waals surface area (Å²) in [5, 5.41) is 9.12. The number of carbonyl (C=O) groups is 1. The summed E-state index contributed by atoms with van der Waals surface area (Å²) in [6, 6.07) is 0.981. The van der Waals surface area contributed by atoms with Gasteiger partial charge in [0.15, 0.2) is 0 Å². The Morgan fingerprint density at radius 3 is 2.35 bits per heavy atom. The highest BCUT2D eigenvalue weighted by Gasteiger charge is 2.40. The van der Waals surface area contributed by atoms with Crippen LogP contribution in [0, 0.1) is 5.41 Å². The van der Waals surface area contributed by atoms with E-state index in [-0.39, 0.29) is 0 Å². The quantitative estimate of drug-likeness (QED) is 0.854. The van der Waals surface area contributed by atoms with Crippen LogP contribution in [0.5, 0.6) is 0 Å². The Balaban J connectivity index is 1.59. The van der Waals surface area contributed by atoms with Crippen molar-refractivity contribution in [1.29, 1.82) is 0 Å². The third kappa shape index (κ3) is 3.03. The van der Waals surface area contributed by atoms with Gasteiger partial charge in [-0.2, -0.15) is 0 Å². The van der Waals surface area contributed by atoms with Gasteiger partial charge in [-0.3, -0.25) is 9.69 Å². The molecule has 0 aromatic heterocycles. The number of rotatable bonds is 3. The summed E-state index contributed by atoms with van der Waals surface area (Å²) < 4.78 is 0. The van der Waals surface area contributed by atoms with Crippen LogP contribution in [0.4, 0.5) is 0 Å². The largest absolute Gasteiger partial charge is 0.481 e. The molecule has 1 atom stereocenters. The maximum Gasteiger partial charge on any atom is 0.304 e. The van der Waals surface area contributed by atoms with Gasteiger partial charge in [-0.25, -0.2) is 0 Å². The van der Waals surface area contributed by atoms with Crippen LogP contribution in [0.15, 0.2) is 0 Å². The van der Waals surface area contributed by atoms with Crippen molar-refractivity contribution in [3.8, 4) is 0 Å². The number of hydrogen-bond donors (Lipinski definition) is 1. The minimum Gasteiger partial charge on any atom is -0.481 e. The first-order valence-corrected chi connectivity index (χ1v) is 8.66. The molecule has 3 nitrogen and oxygen atoms in total. The molecular formula is C17H29NO2. The third-order valence-electron chi connectivity index (χ3n) is 6.23. The van der Waals surface area contributed by atoms with Gasteiger partial charge in [0.2, 0.25) is 0 Å². The van der Waals surface area contributed by atoms with Crippen molar-refractivity contribution in [2.45, 2.75) is 89.1 Å². The summed E-state index contributed by atoms with van der Waals surface area (Å²) >= 11 is 0. The molecule has 114 valence electrons. The maximum atomic E-state index is 11.1. The van der Waals surface area contributed by atoms with Crippen molar-refractivity contribution < 1.29 is 9.90 Å². The molecule has 3 fully saturated rings. The van der Waals surface area contributed by atoms with Crippen LogP contribution >= 0.6 is 0 Å². The topological polar surface area (TPSA) is 40.5 Å². The number of hydrogen-bond acceptors (Lipinski definition) is 2. The van der Waals surface area contributed by atoms with Crippen LogP contribution in [0.25, 0.3) is 0 Å². The number of carboxylic acid groups (broad SMARTS) is 1. The van der Waals surface area contributed by atoms with Crippen molar-refractivity contribution in [1.82, 2.24) is 4.90 Å². The van der Waals surface area contributed by atoms with E-state index >= 15 is 0 Å². The molecule has 0 aromatic carbocycles. The molecule has 3 rings (SSSR count). The van der Waals surface area contributed by atoms with E-state index in [1.54, 1.807) is 0 Å². The molecule has 2 aliphatic carbocycles. The zero-order valence-corrected chi connectivity index (χ0v) is 12.6. The second kappa shape index (κ2) is 6.05. The number of aliphatic carboxylic acids is 1. The highest BCUT2D eigenvalue weighted by Crippen LogP contribution is 2.50. The average Bonchev–Trinajstić information content (AvgIpc) is 2.88. The fraction of sp³-hybridized carbons (Fsp3) is 0.941. The fourth-order valence-corrected chi connectivity index (χ4v) is 5.10. The molecule has 1 heterocycles. The third-order valence-corrected chi connectivity index (χ3v) is 6.23. The fourth-order valence-electron chi connectivity index (χ4n) is 5.10. The minimum atomic E-state index is -0.620. The number of likely N-dealkylation sites (tertiary alicyclic amines) is 1. The maximum absolute atomic E-state index is 11.1. The molecule has 20 heavy (non-hydrogen) atoms. The van der Waals surface area contributed by atoms with Crippen molar-refractivity contribution >= 4 is 5.97 Å². The van der Waals surface area contributed by atoms with Gasteiger partial charge in [-0.05, 0) is 63.3 Å². The van der Waals surface area contributed by atoms with Crippen molar-refractivity contribution in [3.05, 3.63) is 0 Å². The summed E-state index contributed by atoms with van der Waals surface area (Å²) in [5.74, 6) is -0.620. The van der Waals surface area contributed by atoms with Crippen LogP contribution < -0.4 is 0 Å². The highest BCUT2D eigenvalue weighted by molar-refractivity contribution is 5.67. The van der Waals surface area contributed by atoms with Crippen molar-refractivity contribution in [2.75, 3.05) is 6.54 Å². The lowest BCUT2D eigenvalue weighted by atomic mass is 9.70. The molecule has 1 unspecified atom stereocenters. The standard InChI is InChI=1S/C17H29NO2/c19-16(20)13-15-5-1-4-12-18(15)14-6-10-17(11-7-14)8-2-3-9-17/h14-15H,1-13H2,(H,19,20). The van der Waals surface area contributed by atoms with Gasteiger partial charge in [0.05, 0.1) is 6.42 Å². The molecular weight excluding hydrogens is 250 g/mol.